The highest BCUT2D eigenvalue weighted by atomic mass is 32.2. The number of ketones is 1. The molecule has 0 spiro atoms. The lowest BCUT2D eigenvalue weighted by Gasteiger charge is -2.31. The summed E-state index contributed by atoms with van der Waals surface area (Å²) in [5.41, 5.74) is -0.470. The zero-order chi connectivity index (χ0) is 12.3. The number of Topliss-reactive ketones (excluding diaryl/α,β-unsaturated/α-hetero) is 1. The topological polar surface area (TPSA) is 46.2 Å². The number of thiol groups is 2. The number of nitrogens with one attached hydrogen (secondary N) is 1. The van der Waals surface area contributed by atoms with E-state index in [1.54, 1.807) is 0 Å². The summed E-state index contributed by atoms with van der Waals surface area (Å²) in [6.07, 6.45) is 0.717. The fourth-order valence-electron chi connectivity index (χ4n) is 1.03. The average molecular weight is 249 g/mol. The molecule has 0 aliphatic heterocycles. The van der Waals surface area contributed by atoms with Gasteiger partial charge in [0.1, 0.15) is 4.08 Å². The largest absolute Gasteiger partial charge is 0.354 e. The van der Waals surface area contributed by atoms with E-state index in [0.717, 1.165) is 6.42 Å². The molecule has 3 nitrogen and oxygen atoms in total. The summed E-state index contributed by atoms with van der Waals surface area (Å²) < 4.78 is -1.11. The summed E-state index contributed by atoms with van der Waals surface area (Å²) in [6.45, 7) is 7.17. The molecule has 0 bridgehead atoms. The van der Waals surface area contributed by atoms with Crippen LogP contribution in [0, 0.1) is 5.41 Å². The molecular weight excluding hydrogens is 230 g/mol. The van der Waals surface area contributed by atoms with Crippen LogP contribution in [-0.4, -0.2) is 22.3 Å². The Hall–Kier alpha value is -0.160. The highest BCUT2D eigenvalue weighted by molar-refractivity contribution is 8.02. The SMILES string of the molecule is CCC(C)(C)C(=O)C(S)(S)CNC(C)=O. The van der Waals surface area contributed by atoms with E-state index in [2.05, 4.69) is 30.6 Å². The molecule has 0 saturated heterocycles. The van der Waals surface area contributed by atoms with Crippen molar-refractivity contribution < 1.29 is 9.59 Å². The second kappa shape index (κ2) is 5.25. The van der Waals surface area contributed by atoms with E-state index in [0.29, 0.717) is 0 Å². The fraction of sp³-hybridized carbons (Fsp3) is 0.800. The Morgan fingerprint density at radius 3 is 2.07 bits per heavy atom. The summed E-state index contributed by atoms with van der Waals surface area (Å²) in [4.78, 5) is 22.8. The summed E-state index contributed by atoms with van der Waals surface area (Å²) in [6, 6.07) is 0. The van der Waals surface area contributed by atoms with E-state index in [1.807, 2.05) is 20.8 Å². The highest BCUT2D eigenvalue weighted by Crippen LogP contribution is 2.33. The van der Waals surface area contributed by atoms with Crippen molar-refractivity contribution in [2.24, 2.45) is 5.41 Å². The summed E-state index contributed by atoms with van der Waals surface area (Å²) in [5, 5.41) is 2.55. The van der Waals surface area contributed by atoms with Crippen LogP contribution in [0.3, 0.4) is 0 Å². The molecule has 0 aliphatic carbocycles. The molecule has 0 rings (SSSR count). The monoisotopic (exact) mass is 249 g/mol. The normalized spacial score (nSPS) is 12.4. The molecule has 0 heterocycles. The van der Waals surface area contributed by atoms with Gasteiger partial charge in [0.25, 0.3) is 0 Å². The second-order valence-electron chi connectivity index (χ2n) is 4.29. The van der Waals surface area contributed by atoms with Gasteiger partial charge in [0.15, 0.2) is 5.78 Å². The van der Waals surface area contributed by atoms with Crippen LogP contribution in [0.2, 0.25) is 0 Å². The van der Waals surface area contributed by atoms with Crippen LogP contribution in [0.4, 0.5) is 0 Å². The maximum absolute atomic E-state index is 12.0. The van der Waals surface area contributed by atoms with Gasteiger partial charge in [-0.05, 0) is 6.42 Å². The molecule has 0 unspecified atom stereocenters. The quantitative estimate of drug-likeness (QED) is 0.513. The van der Waals surface area contributed by atoms with Crippen molar-refractivity contribution in [3.63, 3.8) is 0 Å². The van der Waals surface area contributed by atoms with E-state index in [-0.39, 0.29) is 18.2 Å². The minimum atomic E-state index is -1.11. The molecule has 0 radical (unpaired) electrons. The van der Waals surface area contributed by atoms with Gasteiger partial charge in [0.05, 0.1) is 0 Å². The maximum Gasteiger partial charge on any atom is 0.216 e. The summed E-state index contributed by atoms with van der Waals surface area (Å²) in [5.74, 6) is -0.262. The van der Waals surface area contributed by atoms with Gasteiger partial charge in [0, 0.05) is 18.9 Å². The highest BCUT2D eigenvalue weighted by Gasteiger charge is 2.39. The minimum absolute atomic E-state index is 0.0714. The van der Waals surface area contributed by atoms with Crippen LogP contribution in [0.1, 0.15) is 34.1 Å². The van der Waals surface area contributed by atoms with Gasteiger partial charge in [-0.3, -0.25) is 9.59 Å². The van der Waals surface area contributed by atoms with E-state index >= 15 is 0 Å². The molecule has 1 N–H and O–H groups in total. The van der Waals surface area contributed by atoms with Crippen LogP contribution in [0.5, 0.6) is 0 Å². The number of hydrogen-bond donors (Lipinski definition) is 3. The van der Waals surface area contributed by atoms with Crippen molar-refractivity contribution in [1.29, 1.82) is 0 Å². The van der Waals surface area contributed by atoms with Gasteiger partial charge in [-0.25, -0.2) is 0 Å². The zero-order valence-electron chi connectivity index (χ0n) is 9.63. The Morgan fingerprint density at radius 2 is 1.73 bits per heavy atom. The lowest BCUT2D eigenvalue weighted by Crippen LogP contribution is -2.45. The Labute approximate surface area is 102 Å². The third kappa shape index (κ3) is 4.47. The Balaban J connectivity index is 4.58. The smallest absolute Gasteiger partial charge is 0.216 e. The summed E-state index contributed by atoms with van der Waals surface area (Å²) >= 11 is 8.41. The van der Waals surface area contributed by atoms with Gasteiger partial charge in [-0.15, -0.1) is 0 Å². The Kier molecular flexibility index (Phi) is 5.20. The third-order valence-electron chi connectivity index (χ3n) is 2.45. The van der Waals surface area contributed by atoms with Gasteiger partial charge in [0.2, 0.25) is 5.91 Å². The van der Waals surface area contributed by atoms with E-state index < -0.39 is 9.49 Å². The Bertz CT molecular complexity index is 262. The maximum atomic E-state index is 12.0. The van der Waals surface area contributed by atoms with Crippen LogP contribution in [0.25, 0.3) is 0 Å². The molecular formula is C10H19NO2S2. The molecule has 0 aromatic rings. The predicted molar refractivity (Wildman–Crippen MR) is 68.5 cm³/mol. The third-order valence-corrected chi connectivity index (χ3v) is 3.17. The number of carbonyl (C=O) groups is 2. The first kappa shape index (κ1) is 14.8. The molecule has 0 atom stereocenters. The van der Waals surface area contributed by atoms with Crippen molar-refractivity contribution in [1.82, 2.24) is 5.32 Å². The molecule has 0 aromatic carbocycles. The molecule has 0 aliphatic rings. The van der Waals surface area contributed by atoms with Crippen molar-refractivity contribution in [3.05, 3.63) is 0 Å². The molecule has 5 heteroatoms. The molecule has 0 saturated carbocycles. The average Bonchev–Trinajstić information content (AvgIpc) is 2.13. The van der Waals surface area contributed by atoms with Crippen molar-refractivity contribution >= 4 is 36.9 Å². The second-order valence-corrected chi connectivity index (χ2v) is 6.17. The van der Waals surface area contributed by atoms with E-state index in [1.165, 1.54) is 6.92 Å². The standard InChI is InChI=1S/C10H19NO2S2/c1-5-9(3,4)8(13)10(14,15)6-11-7(2)12/h14-15H,5-6H2,1-4H3,(H,11,12). The van der Waals surface area contributed by atoms with Gasteiger partial charge < -0.3 is 5.32 Å². The fourth-order valence-corrected chi connectivity index (χ4v) is 1.79. The first-order chi connectivity index (χ1) is 6.63. The van der Waals surface area contributed by atoms with Gasteiger partial charge in [-0.2, -0.15) is 25.3 Å². The minimum Gasteiger partial charge on any atom is -0.354 e. The van der Waals surface area contributed by atoms with E-state index in [9.17, 15) is 9.59 Å². The van der Waals surface area contributed by atoms with Crippen LogP contribution < -0.4 is 5.32 Å². The number of carbonyl (C=O) groups excluding carboxylic acids is 2. The first-order valence-corrected chi connectivity index (χ1v) is 5.77. The van der Waals surface area contributed by atoms with Crippen LogP contribution in [0.15, 0.2) is 0 Å². The molecule has 88 valence electrons. The lowest BCUT2D eigenvalue weighted by molar-refractivity contribution is -0.127. The van der Waals surface area contributed by atoms with Crippen LogP contribution >= 0.6 is 25.3 Å². The molecule has 0 aromatic heterocycles. The molecule has 0 fully saturated rings. The molecule has 15 heavy (non-hydrogen) atoms. The number of hydrogen-bond acceptors (Lipinski definition) is 4. The zero-order valence-corrected chi connectivity index (χ0v) is 11.4. The molecule has 1 amide bonds. The van der Waals surface area contributed by atoms with E-state index in [4.69, 9.17) is 0 Å². The first-order valence-electron chi connectivity index (χ1n) is 4.87. The van der Waals surface area contributed by atoms with Gasteiger partial charge >= 0.3 is 0 Å². The summed E-state index contributed by atoms with van der Waals surface area (Å²) in [7, 11) is 0. The lowest BCUT2D eigenvalue weighted by atomic mass is 9.83. The number of rotatable bonds is 5. The van der Waals surface area contributed by atoms with Crippen molar-refractivity contribution in [2.75, 3.05) is 6.54 Å². The van der Waals surface area contributed by atoms with Crippen molar-refractivity contribution in [2.45, 2.75) is 38.2 Å². The van der Waals surface area contributed by atoms with Gasteiger partial charge in [-0.1, -0.05) is 20.8 Å². The number of amides is 1. The predicted octanol–water partition coefficient (Wildman–Crippen LogP) is 1.68. The Morgan fingerprint density at radius 1 is 1.27 bits per heavy atom. The van der Waals surface area contributed by atoms with Crippen molar-refractivity contribution in [3.8, 4) is 0 Å². The van der Waals surface area contributed by atoms with Crippen LogP contribution in [-0.2, 0) is 9.59 Å².